The number of rotatable bonds is 2. The van der Waals surface area contributed by atoms with Crippen LogP contribution in [-0.2, 0) is 0 Å². The van der Waals surface area contributed by atoms with Gasteiger partial charge >= 0.3 is 0 Å². The second-order valence-electron chi connectivity index (χ2n) is 6.37. The first-order valence-electron chi connectivity index (χ1n) is 8.48. The second kappa shape index (κ2) is 7.51. The number of carbonyl (C=O) groups is 1. The average molecular weight is 380 g/mol. The summed E-state index contributed by atoms with van der Waals surface area (Å²) >= 11 is 0. The van der Waals surface area contributed by atoms with Crippen LogP contribution in [0.5, 0.6) is 11.5 Å². The highest BCUT2D eigenvalue weighted by Gasteiger charge is 2.26. The summed E-state index contributed by atoms with van der Waals surface area (Å²) < 4.78 is 12.8. The summed E-state index contributed by atoms with van der Waals surface area (Å²) in [5.74, 6) is 1.33. The molecule has 2 aromatic rings. The monoisotopic (exact) mass is 379 g/mol. The van der Waals surface area contributed by atoms with E-state index in [9.17, 15) is 4.79 Å². The van der Waals surface area contributed by atoms with Crippen LogP contribution < -0.4 is 14.8 Å². The van der Waals surface area contributed by atoms with Crippen molar-refractivity contribution in [1.29, 1.82) is 0 Å². The molecule has 1 fully saturated rings. The summed E-state index contributed by atoms with van der Waals surface area (Å²) in [6.45, 7) is 7.15. The van der Waals surface area contributed by atoms with Gasteiger partial charge in [-0.05, 0) is 26.0 Å². The summed E-state index contributed by atoms with van der Waals surface area (Å²) in [7, 11) is 0. The van der Waals surface area contributed by atoms with E-state index in [1.54, 1.807) is 4.68 Å². The van der Waals surface area contributed by atoms with Crippen molar-refractivity contribution in [2.24, 2.45) is 0 Å². The van der Waals surface area contributed by atoms with Crippen molar-refractivity contribution in [1.82, 2.24) is 25.2 Å². The van der Waals surface area contributed by atoms with Gasteiger partial charge in [-0.25, -0.2) is 4.68 Å². The molecule has 1 N–H and O–H groups in total. The zero-order valence-corrected chi connectivity index (χ0v) is 15.6. The number of nitrogens with one attached hydrogen (secondary N) is 1. The summed E-state index contributed by atoms with van der Waals surface area (Å²) in [6, 6.07) is 5.88. The van der Waals surface area contributed by atoms with Gasteiger partial charge in [0.2, 0.25) is 0 Å². The number of amides is 1. The third-order valence-corrected chi connectivity index (χ3v) is 4.52. The lowest BCUT2D eigenvalue weighted by Gasteiger charge is -2.31. The van der Waals surface area contributed by atoms with Gasteiger partial charge in [0.1, 0.15) is 13.2 Å². The van der Waals surface area contributed by atoms with Crippen LogP contribution in [0.15, 0.2) is 18.2 Å². The van der Waals surface area contributed by atoms with Gasteiger partial charge in [0, 0.05) is 31.7 Å². The number of carbonyl (C=O) groups excluding carboxylic acids is 1. The molecule has 0 spiro atoms. The number of ether oxygens (including phenoxy) is 2. The smallest absolute Gasteiger partial charge is 0.276 e. The molecule has 26 heavy (non-hydrogen) atoms. The third kappa shape index (κ3) is 3.34. The van der Waals surface area contributed by atoms with Crippen molar-refractivity contribution in [2.75, 3.05) is 32.8 Å². The van der Waals surface area contributed by atoms with E-state index < -0.39 is 0 Å². The minimum atomic E-state index is -0.0744. The van der Waals surface area contributed by atoms with Gasteiger partial charge < -0.3 is 19.7 Å². The molecule has 0 saturated carbocycles. The molecule has 0 aliphatic carbocycles. The van der Waals surface area contributed by atoms with Gasteiger partial charge in [0.05, 0.1) is 11.4 Å². The lowest BCUT2D eigenvalue weighted by Crippen LogP contribution is -2.51. The van der Waals surface area contributed by atoms with Gasteiger partial charge in [0.25, 0.3) is 5.91 Å². The summed E-state index contributed by atoms with van der Waals surface area (Å²) in [5, 5.41) is 11.6. The molecule has 0 radical (unpaired) electrons. The molecule has 8 nitrogen and oxygen atoms in total. The maximum absolute atomic E-state index is 12.8. The quantitative estimate of drug-likeness (QED) is 0.844. The van der Waals surface area contributed by atoms with Crippen molar-refractivity contribution in [3.63, 3.8) is 0 Å². The minimum absolute atomic E-state index is 0. The highest BCUT2D eigenvalue weighted by molar-refractivity contribution is 5.93. The Balaban J connectivity index is 0.00000196. The van der Waals surface area contributed by atoms with Crippen molar-refractivity contribution >= 4 is 18.3 Å². The normalized spacial score (nSPS) is 19.0. The number of aromatic nitrogens is 3. The molecule has 4 rings (SSSR count). The van der Waals surface area contributed by atoms with Crippen LogP contribution in [0.3, 0.4) is 0 Å². The van der Waals surface area contributed by atoms with Gasteiger partial charge in [-0.15, -0.1) is 17.5 Å². The van der Waals surface area contributed by atoms with Crippen LogP contribution in [0.2, 0.25) is 0 Å². The standard InChI is InChI=1S/C17H21N5O3.ClH/c1-11-10-21(6-5-18-11)17(23)16-12(2)22(20-19-16)13-3-4-14-15(9-13)25-8-7-24-14;/h3-4,9,11,18H,5-8,10H2,1-2H3;1H. The summed E-state index contributed by atoms with van der Waals surface area (Å²) in [4.78, 5) is 14.6. The number of hydrogen-bond acceptors (Lipinski definition) is 6. The SMILES string of the molecule is Cc1c(C(=O)N2CCNC(C)C2)nnn1-c1ccc2c(c1)OCCO2.Cl. The van der Waals surface area contributed by atoms with E-state index in [2.05, 4.69) is 22.6 Å². The number of piperazine rings is 1. The first-order chi connectivity index (χ1) is 12.1. The van der Waals surface area contributed by atoms with E-state index in [0.717, 1.165) is 18.0 Å². The molecule has 1 unspecified atom stereocenters. The Kier molecular flexibility index (Phi) is 5.33. The van der Waals surface area contributed by atoms with E-state index in [0.29, 0.717) is 43.4 Å². The predicted octanol–water partition coefficient (Wildman–Crippen LogP) is 1.20. The van der Waals surface area contributed by atoms with Crippen molar-refractivity contribution in [2.45, 2.75) is 19.9 Å². The highest BCUT2D eigenvalue weighted by Crippen LogP contribution is 2.32. The topological polar surface area (TPSA) is 81.5 Å². The zero-order chi connectivity index (χ0) is 17.4. The van der Waals surface area contributed by atoms with Crippen molar-refractivity contribution < 1.29 is 14.3 Å². The molecule has 1 amide bonds. The van der Waals surface area contributed by atoms with Gasteiger partial charge in [-0.1, -0.05) is 5.21 Å². The molecule has 2 aliphatic heterocycles. The molecule has 2 aliphatic rings. The largest absolute Gasteiger partial charge is 0.486 e. The molecule has 1 aromatic carbocycles. The number of fused-ring (bicyclic) bond motifs is 1. The van der Waals surface area contributed by atoms with Gasteiger partial charge in [0.15, 0.2) is 17.2 Å². The molecule has 140 valence electrons. The molecule has 1 aromatic heterocycles. The maximum Gasteiger partial charge on any atom is 0.276 e. The predicted molar refractivity (Wildman–Crippen MR) is 97.7 cm³/mol. The van der Waals surface area contributed by atoms with E-state index in [4.69, 9.17) is 9.47 Å². The Morgan fingerprint density at radius 3 is 2.81 bits per heavy atom. The van der Waals surface area contributed by atoms with Crippen LogP contribution in [-0.4, -0.2) is 64.7 Å². The maximum atomic E-state index is 12.8. The number of nitrogens with zero attached hydrogens (tertiary/aromatic N) is 4. The van der Waals surface area contributed by atoms with Gasteiger partial charge in [-0.2, -0.15) is 0 Å². The Morgan fingerprint density at radius 2 is 2.04 bits per heavy atom. The second-order valence-corrected chi connectivity index (χ2v) is 6.37. The number of halogens is 1. The lowest BCUT2D eigenvalue weighted by atomic mass is 10.2. The van der Waals surface area contributed by atoms with E-state index >= 15 is 0 Å². The van der Waals surface area contributed by atoms with Crippen molar-refractivity contribution in [3.05, 3.63) is 29.6 Å². The van der Waals surface area contributed by atoms with Crippen LogP contribution >= 0.6 is 12.4 Å². The highest BCUT2D eigenvalue weighted by atomic mass is 35.5. The Labute approximate surface area is 157 Å². The Morgan fingerprint density at radius 1 is 1.27 bits per heavy atom. The molecule has 0 bridgehead atoms. The van der Waals surface area contributed by atoms with Crippen LogP contribution in [0.25, 0.3) is 5.69 Å². The van der Waals surface area contributed by atoms with Crippen LogP contribution in [0.4, 0.5) is 0 Å². The molecule has 9 heteroatoms. The van der Waals surface area contributed by atoms with E-state index in [-0.39, 0.29) is 24.4 Å². The molecular formula is C17H22ClN5O3. The summed E-state index contributed by atoms with van der Waals surface area (Å²) in [6.07, 6.45) is 0. The number of hydrogen-bond donors (Lipinski definition) is 1. The Hall–Kier alpha value is -2.32. The molecular weight excluding hydrogens is 358 g/mol. The first kappa shape index (κ1) is 18.5. The average Bonchev–Trinajstić information content (AvgIpc) is 3.02. The zero-order valence-electron chi connectivity index (χ0n) is 14.8. The lowest BCUT2D eigenvalue weighted by molar-refractivity contribution is 0.0702. The molecule has 1 saturated heterocycles. The van der Waals surface area contributed by atoms with Crippen LogP contribution in [0, 0.1) is 6.92 Å². The Bertz CT molecular complexity index is 810. The van der Waals surface area contributed by atoms with Crippen LogP contribution in [0.1, 0.15) is 23.1 Å². The van der Waals surface area contributed by atoms with Gasteiger partial charge in [-0.3, -0.25) is 4.79 Å². The fourth-order valence-corrected chi connectivity index (χ4v) is 3.20. The third-order valence-electron chi connectivity index (χ3n) is 4.52. The molecule has 3 heterocycles. The van der Waals surface area contributed by atoms with Crippen molar-refractivity contribution in [3.8, 4) is 17.2 Å². The summed E-state index contributed by atoms with van der Waals surface area (Å²) in [5.41, 5.74) is 1.90. The minimum Gasteiger partial charge on any atom is -0.486 e. The molecule has 1 atom stereocenters. The van der Waals surface area contributed by atoms with E-state index in [1.807, 2.05) is 30.0 Å². The first-order valence-corrected chi connectivity index (χ1v) is 8.48. The fourth-order valence-electron chi connectivity index (χ4n) is 3.20. The number of benzene rings is 1. The van der Waals surface area contributed by atoms with E-state index in [1.165, 1.54) is 0 Å². The fraction of sp³-hybridized carbons (Fsp3) is 0.471.